The summed E-state index contributed by atoms with van der Waals surface area (Å²) in [6.07, 6.45) is 0. The Balaban J connectivity index is 1.49. The molecule has 0 amide bonds. The molecule has 40 heavy (non-hydrogen) atoms. The quantitative estimate of drug-likeness (QED) is 0.208. The third kappa shape index (κ3) is 5.09. The molecule has 4 heteroatoms. The van der Waals surface area contributed by atoms with Gasteiger partial charge in [-0.1, -0.05) is 97.1 Å². The van der Waals surface area contributed by atoms with Crippen LogP contribution >= 0.6 is 0 Å². The fraction of sp³-hybridized carbons (Fsp3) is 0.167. The first-order valence-electron chi connectivity index (χ1n) is 13.9. The average molecular weight is 523 g/mol. The number of para-hydroxylation sites is 1. The van der Waals surface area contributed by atoms with Gasteiger partial charge in [-0.05, 0) is 91.8 Å². The smallest absolute Gasteiger partial charge is 0.399 e. The third-order valence-corrected chi connectivity index (χ3v) is 8.08. The Hall–Kier alpha value is -4.12. The van der Waals surface area contributed by atoms with E-state index in [-0.39, 0.29) is 0 Å². The second-order valence-corrected chi connectivity index (χ2v) is 11.4. The molecule has 6 rings (SSSR count). The summed E-state index contributed by atoms with van der Waals surface area (Å²) in [7, 11) is -0.467. The second-order valence-electron chi connectivity index (χ2n) is 11.4. The maximum Gasteiger partial charge on any atom is 0.494 e. The summed E-state index contributed by atoms with van der Waals surface area (Å²) in [6.45, 7) is 8.39. The van der Waals surface area contributed by atoms with Gasteiger partial charge in [-0.3, -0.25) is 0 Å². The molecule has 0 radical (unpaired) electrons. The molecule has 1 aliphatic heterocycles. The minimum atomic E-state index is -0.467. The molecule has 0 N–H and O–H groups in total. The molecule has 0 unspecified atom stereocenters. The SMILES string of the molecule is CC1(C)OB(c2cc(-c3ccccc3)cc(N(c3ccccc3)c3ccc(-c4ccccc4)cc3)c2)OC1(C)C. The lowest BCUT2D eigenvalue weighted by Crippen LogP contribution is -2.41. The minimum Gasteiger partial charge on any atom is -0.399 e. The number of benzene rings is 5. The summed E-state index contributed by atoms with van der Waals surface area (Å²) in [4.78, 5) is 2.30. The predicted molar refractivity (Wildman–Crippen MR) is 168 cm³/mol. The van der Waals surface area contributed by atoms with Crippen molar-refractivity contribution < 1.29 is 9.31 Å². The first-order valence-corrected chi connectivity index (χ1v) is 13.9. The summed E-state index contributed by atoms with van der Waals surface area (Å²) in [5.41, 5.74) is 8.01. The molecule has 1 saturated heterocycles. The molecule has 1 aliphatic rings. The Morgan fingerprint density at radius 2 is 0.900 bits per heavy atom. The molecule has 5 aromatic carbocycles. The van der Waals surface area contributed by atoms with E-state index in [2.05, 4.69) is 154 Å². The summed E-state index contributed by atoms with van der Waals surface area (Å²) >= 11 is 0. The van der Waals surface area contributed by atoms with Gasteiger partial charge in [-0.25, -0.2) is 0 Å². The van der Waals surface area contributed by atoms with Crippen molar-refractivity contribution in [3.8, 4) is 22.3 Å². The van der Waals surface area contributed by atoms with E-state index in [1.807, 2.05) is 12.1 Å². The molecular weight excluding hydrogens is 489 g/mol. The molecule has 3 nitrogen and oxygen atoms in total. The van der Waals surface area contributed by atoms with E-state index >= 15 is 0 Å². The van der Waals surface area contributed by atoms with Crippen LogP contribution in [0.15, 0.2) is 133 Å². The fourth-order valence-corrected chi connectivity index (χ4v) is 5.13. The lowest BCUT2D eigenvalue weighted by molar-refractivity contribution is 0.00578. The Labute approximate surface area is 238 Å². The molecule has 0 aromatic heterocycles. The second kappa shape index (κ2) is 10.5. The molecule has 5 aromatic rings. The normalized spacial score (nSPS) is 15.7. The van der Waals surface area contributed by atoms with Crippen molar-refractivity contribution >= 4 is 29.6 Å². The van der Waals surface area contributed by atoms with Crippen LogP contribution in [-0.2, 0) is 9.31 Å². The highest BCUT2D eigenvalue weighted by molar-refractivity contribution is 6.62. The van der Waals surface area contributed by atoms with Gasteiger partial charge in [0.1, 0.15) is 0 Å². The molecule has 0 atom stereocenters. The number of hydrogen-bond acceptors (Lipinski definition) is 3. The van der Waals surface area contributed by atoms with Crippen LogP contribution in [0.5, 0.6) is 0 Å². The Kier molecular flexibility index (Phi) is 6.83. The molecule has 198 valence electrons. The Morgan fingerprint density at radius 1 is 0.450 bits per heavy atom. The fourth-order valence-electron chi connectivity index (χ4n) is 5.13. The van der Waals surface area contributed by atoms with Crippen molar-refractivity contribution in [1.29, 1.82) is 0 Å². The van der Waals surface area contributed by atoms with Crippen molar-refractivity contribution in [2.45, 2.75) is 38.9 Å². The van der Waals surface area contributed by atoms with Gasteiger partial charge in [-0.2, -0.15) is 0 Å². The highest BCUT2D eigenvalue weighted by atomic mass is 16.7. The van der Waals surface area contributed by atoms with Gasteiger partial charge in [0, 0.05) is 17.1 Å². The Bertz CT molecular complexity index is 1570. The zero-order valence-electron chi connectivity index (χ0n) is 23.5. The van der Waals surface area contributed by atoms with E-state index in [0.29, 0.717) is 0 Å². The van der Waals surface area contributed by atoms with Gasteiger partial charge in [0.25, 0.3) is 0 Å². The van der Waals surface area contributed by atoms with Crippen LogP contribution < -0.4 is 10.4 Å². The predicted octanol–water partition coefficient (Wildman–Crippen LogP) is 8.79. The van der Waals surface area contributed by atoms with E-state index in [1.54, 1.807) is 0 Å². The minimum absolute atomic E-state index is 0.424. The maximum atomic E-state index is 6.51. The van der Waals surface area contributed by atoms with E-state index in [9.17, 15) is 0 Å². The topological polar surface area (TPSA) is 21.7 Å². The van der Waals surface area contributed by atoms with E-state index in [4.69, 9.17) is 9.31 Å². The van der Waals surface area contributed by atoms with Crippen molar-refractivity contribution in [1.82, 2.24) is 0 Å². The molecular formula is C36H34BNO2. The van der Waals surface area contributed by atoms with E-state index < -0.39 is 18.3 Å². The number of nitrogens with zero attached hydrogens (tertiary/aromatic N) is 1. The lowest BCUT2D eigenvalue weighted by atomic mass is 9.77. The van der Waals surface area contributed by atoms with Gasteiger partial charge in [0.05, 0.1) is 11.2 Å². The zero-order chi connectivity index (χ0) is 27.7. The van der Waals surface area contributed by atoms with E-state index in [1.165, 1.54) is 11.1 Å². The van der Waals surface area contributed by atoms with Crippen molar-refractivity contribution in [3.05, 3.63) is 133 Å². The zero-order valence-corrected chi connectivity index (χ0v) is 23.5. The molecule has 1 fully saturated rings. The molecule has 0 bridgehead atoms. The van der Waals surface area contributed by atoms with Gasteiger partial charge >= 0.3 is 7.12 Å². The highest BCUT2D eigenvalue weighted by Gasteiger charge is 2.51. The van der Waals surface area contributed by atoms with Crippen molar-refractivity contribution in [2.24, 2.45) is 0 Å². The average Bonchev–Trinajstić information content (AvgIpc) is 3.21. The first-order chi connectivity index (χ1) is 19.3. The summed E-state index contributed by atoms with van der Waals surface area (Å²) < 4.78 is 13.0. The van der Waals surface area contributed by atoms with Crippen molar-refractivity contribution in [3.63, 3.8) is 0 Å². The molecule has 0 aliphatic carbocycles. The van der Waals surface area contributed by atoms with Gasteiger partial charge < -0.3 is 14.2 Å². The largest absolute Gasteiger partial charge is 0.494 e. The maximum absolute atomic E-state index is 6.51. The molecule has 1 heterocycles. The van der Waals surface area contributed by atoms with Gasteiger partial charge in [-0.15, -0.1) is 0 Å². The first kappa shape index (κ1) is 26.1. The van der Waals surface area contributed by atoms with Crippen molar-refractivity contribution in [2.75, 3.05) is 4.90 Å². The van der Waals surface area contributed by atoms with Crippen LogP contribution in [-0.4, -0.2) is 18.3 Å². The monoisotopic (exact) mass is 523 g/mol. The molecule has 0 saturated carbocycles. The summed E-state index contributed by atoms with van der Waals surface area (Å²) in [5, 5.41) is 0. The van der Waals surface area contributed by atoms with Crippen LogP contribution in [0.25, 0.3) is 22.3 Å². The number of rotatable bonds is 6. The van der Waals surface area contributed by atoms with Crippen LogP contribution in [0.1, 0.15) is 27.7 Å². The Morgan fingerprint density at radius 3 is 1.45 bits per heavy atom. The standard InChI is InChI=1S/C36H34BNO2/c1-35(2)36(3,4)40-37(39-35)31-24-30(28-16-10-6-11-17-28)25-34(26-31)38(32-18-12-7-13-19-32)33-22-20-29(21-23-33)27-14-8-5-9-15-27/h5-26H,1-4H3. The van der Waals surface area contributed by atoms with E-state index in [0.717, 1.165) is 33.7 Å². The van der Waals surface area contributed by atoms with Crippen LogP contribution in [0.2, 0.25) is 0 Å². The van der Waals surface area contributed by atoms with Gasteiger partial charge in [0.2, 0.25) is 0 Å². The molecule has 0 spiro atoms. The number of hydrogen-bond donors (Lipinski definition) is 0. The third-order valence-electron chi connectivity index (χ3n) is 8.08. The van der Waals surface area contributed by atoms with Gasteiger partial charge in [0.15, 0.2) is 0 Å². The number of anilines is 3. The highest BCUT2D eigenvalue weighted by Crippen LogP contribution is 2.40. The van der Waals surface area contributed by atoms with Crippen LogP contribution in [0, 0.1) is 0 Å². The summed E-state index contributed by atoms with van der Waals surface area (Å²) in [6, 6.07) is 46.9. The lowest BCUT2D eigenvalue weighted by Gasteiger charge is -2.32. The van der Waals surface area contributed by atoms with Crippen LogP contribution in [0.4, 0.5) is 17.1 Å². The summed E-state index contributed by atoms with van der Waals surface area (Å²) in [5.74, 6) is 0. The van der Waals surface area contributed by atoms with Crippen LogP contribution in [0.3, 0.4) is 0 Å².